The Labute approximate surface area is 231 Å². The van der Waals surface area contributed by atoms with Gasteiger partial charge in [0.25, 0.3) is 5.91 Å². The Balaban J connectivity index is 1.50. The Morgan fingerprint density at radius 2 is 1.79 bits per heavy atom. The summed E-state index contributed by atoms with van der Waals surface area (Å²) in [6.07, 6.45) is 5.23. The van der Waals surface area contributed by atoms with E-state index in [-0.39, 0.29) is 12.2 Å². The molecule has 0 aliphatic heterocycles. The first-order valence-corrected chi connectivity index (χ1v) is 13.8. The van der Waals surface area contributed by atoms with Gasteiger partial charge in [0.1, 0.15) is 29.0 Å². The molecule has 4 aromatic rings. The van der Waals surface area contributed by atoms with Crippen molar-refractivity contribution in [3.63, 3.8) is 0 Å². The maximum absolute atomic E-state index is 13.4. The maximum atomic E-state index is 13.4. The number of benzene rings is 3. The van der Waals surface area contributed by atoms with Crippen molar-refractivity contribution in [3.05, 3.63) is 99.4 Å². The molecule has 0 radical (unpaired) electrons. The highest BCUT2D eigenvalue weighted by Gasteiger charge is 2.28. The monoisotopic (exact) mass is 536 g/mol. The van der Waals surface area contributed by atoms with Crippen LogP contribution in [0.1, 0.15) is 51.7 Å². The third kappa shape index (κ3) is 5.71. The van der Waals surface area contributed by atoms with E-state index in [0.29, 0.717) is 28.5 Å². The lowest BCUT2D eigenvalue weighted by Gasteiger charge is -2.13. The average Bonchev–Trinajstić information content (AvgIpc) is 3.33. The second kappa shape index (κ2) is 12.0. The molecule has 0 spiro atoms. The summed E-state index contributed by atoms with van der Waals surface area (Å²) in [5.41, 5.74) is 2.93. The number of carbonyl (C=O) groups is 2. The van der Waals surface area contributed by atoms with Crippen LogP contribution in [0, 0.1) is 11.3 Å². The van der Waals surface area contributed by atoms with Crippen LogP contribution in [0.15, 0.2) is 72.3 Å². The zero-order valence-corrected chi connectivity index (χ0v) is 22.5. The number of anilines is 1. The molecule has 0 unspecified atom stereocenters. The van der Waals surface area contributed by atoms with Crippen molar-refractivity contribution >= 4 is 45.1 Å². The number of nitrogens with zero attached hydrogens (tertiary/aromatic N) is 1. The number of rotatable bonds is 8. The molecule has 39 heavy (non-hydrogen) atoms. The minimum atomic E-state index is -0.580. The van der Waals surface area contributed by atoms with E-state index in [1.165, 1.54) is 11.3 Å². The van der Waals surface area contributed by atoms with Crippen LogP contribution in [0.25, 0.3) is 16.8 Å². The van der Waals surface area contributed by atoms with E-state index >= 15 is 0 Å². The minimum Gasteiger partial charge on any atom is -0.488 e. The summed E-state index contributed by atoms with van der Waals surface area (Å²) in [6, 6.07) is 23.4. The van der Waals surface area contributed by atoms with Gasteiger partial charge in [-0.2, -0.15) is 5.26 Å². The van der Waals surface area contributed by atoms with Gasteiger partial charge in [-0.15, -0.1) is 11.3 Å². The lowest BCUT2D eigenvalue weighted by atomic mass is 9.95. The van der Waals surface area contributed by atoms with Crippen LogP contribution in [0.2, 0.25) is 0 Å². The van der Waals surface area contributed by atoms with Gasteiger partial charge in [0.15, 0.2) is 0 Å². The summed E-state index contributed by atoms with van der Waals surface area (Å²) in [5.74, 6) is -0.458. The van der Waals surface area contributed by atoms with Crippen LogP contribution in [-0.2, 0) is 29.0 Å². The van der Waals surface area contributed by atoms with E-state index in [1.54, 1.807) is 13.0 Å². The number of carbonyl (C=O) groups excluding carboxylic acids is 2. The lowest BCUT2D eigenvalue weighted by molar-refractivity contribution is -0.112. The highest BCUT2D eigenvalue weighted by molar-refractivity contribution is 7.17. The van der Waals surface area contributed by atoms with Crippen molar-refractivity contribution in [2.24, 2.45) is 0 Å². The first-order valence-electron chi connectivity index (χ1n) is 13.0. The topological polar surface area (TPSA) is 88.4 Å². The van der Waals surface area contributed by atoms with Gasteiger partial charge in [0.05, 0.1) is 12.2 Å². The molecule has 196 valence electrons. The van der Waals surface area contributed by atoms with Crippen molar-refractivity contribution in [1.29, 1.82) is 5.26 Å². The standard InChI is InChI=1S/C32H28N2O4S/c1-2-37-32(36)29-25-14-8-9-15-28(25)39-31(29)34-30(35)23(19-33)18-26-24-13-7-6-12-22(24)16-17-27(26)38-20-21-10-4-3-5-11-21/h3-7,10-13,16-18H,2,8-9,14-15,20H2,1H3,(H,34,35)/b23-18+. The number of nitrogens with one attached hydrogen (secondary N) is 1. The summed E-state index contributed by atoms with van der Waals surface area (Å²) < 4.78 is 11.5. The second-order valence-electron chi connectivity index (χ2n) is 9.23. The Morgan fingerprint density at radius 1 is 1.03 bits per heavy atom. The van der Waals surface area contributed by atoms with Gasteiger partial charge in [0.2, 0.25) is 0 Å². The van der Waals surface area contributed by atoms with Gasteiger partial charge in [-0.05, 0) is 66.6 Å². The summed E-state index contributed by atoms with van der Waals surface area (Å²) in [6.45, 7) is 2.35. The van der Waals surface area contributed by atoms with Crippen LogP contribution >= 0.6 is 11.3 Å². The molecule has 0 saturated carbocycles. The fourth-order valence-corrected chi connectivity index (χ4v) is 6.09. The lowest BCUT2D eigenvalue weighted by Crippen LogP contribution is -2.16. The van der Waals surface area contributed by atoms with Crippen LogP contribution in [0.5, 0.6) is 5.75 Å². The minimum absolute atomic E-state index is 0.0860. The smallest absolute Gasteiger partial charge is 0.341 e. The highest BCUT2D eigenvalue weighted by Crippen LogP contribution is 2.39. The molecule has 1 aliphatic carbocycles. The normalized spacial score (nSPS) is 12.9. The summed E-state index contributed by atoms with van der Waals surface area (Å²) >= 11 is 1.40. The van der Waals surface area contributed by atoms with E-state index in [9.17, 15) is 14.9 Å². The van der Waals surface area contributed by atoms with Crippen molar-refractivity contribution in [2.75, 3.05) is 11.9 Å². The van der Waals surface area contributed by atoms with Crippen molar-refractivity contribution < 1.29 is 19.1 Å². The van der Waals surface area contributed by atoms with Crippen molar-refractivity contribution in [3.8, 4) is 11.8 Å². The number of nitriles is 1. The number of aryl methyl sites for hydroxylation is 1. The van der Waals surface area contributed by atoms with Gasteiger partial charge in [-0.3, -0.25) is 4.79 Å². The summed E-state index contributed by atoms with van der Waals surface area (Å²) in [5, 5.41) is 15.1. The molecule has 5 rings (SSSR count). The van der Waals surface area contributed by atoms with E-state index < -0.39 is 11.9 Å². The van der Waals surface area contributed by atoms with Crippen molar-refractivity contribution in [2.45, 2.75) is 39.2 Å². The zero-order chi connectivity index (χ0) is 27.2. The predicted molar refractivity (Wildman–Crippen MR) is 154 cm³/mol. The first kappa shape index (κ1) is 26.2. The Bertz CT molecular complexity index is 1600. The molecule has 7 heteroatoms. The maximum Gasteiger partial charge on any atom is 0.341 e. The summed E-state index contributed by atoms with van der Waals surface area (Å²) in [4.78, 5) is 27.4. The number of hydrogen-bond donors (Lipinski definition) is 1. The fourth-order valence-electron chi connectivity index (χ4n) is 4.82. The molecule has 1 heterocycles. The molecule has 1 N–H and O–H groups in total. The average molecular weight is 537 g/mol. The van der Waals surface area contributed by atoms with Gasteiger partial charge in [-0.25, -0.2) is 4.79 Å². The Morgan fingerprint density at radius 3 is 2.59 bits per heavy atom. The SMILES string of the molecule is CCOC(=O)c1c(NC(=O)/C(C#N)=C/c2c(OCc3ccccc3)ccc3ccccc23)sc2c1CCCC2. The van der Waals surface area contributed by atoms with Gasteiger partial charge < -0.3 is 14.8 Å². The van der Waals surface area contributed by atoms with Crippen LogP contribution < -0.4 is 10.1 Å². The zero-order valence-electron chi connectivity index (χ0n) is 21.7. The first-order chi connectivity index (χ1) is 19.1. The van der Waals surface area contributed by atoms with Crippen LogP contribution in [-0.4, -0.2) is 18.5 Å². The number of thiophene rings is 1. The highest BCUT2D eigenvalue weighted by atomic mass is 32.1. The van der Waals surface area contributed by atoms with E-state index in [4.69, 9.17) is 9.47 Å². The van der Waals surface area contributed by atoms with Crippen molar-refractivity contribution in [1.82, 2.24) is 0 Å². The van der Waals surface area contributed by atoms with E-state index in [2.05, 4.69) is 11.4 Å². The third-order valence-electron chi connectivity index (χ3n) is 6.70. The number of fused-ring (bicyclic) bond motifs is 2. The molecule has 6 nitrogen and oxygen atoms in total. The number of hydrogen-bond acceptors (Lipinski definition) is 6. The largest absolute Gasteiger partial charge is 0.488 e. The van der Waals surface area contributed by atoms with Crippen LogP contribution in [0.3, 0.4) is 0 Å². The molecular weight excluding hydrogens is 508 g/mol. The molecule has 1 aliphatic rings. The molecule has 0 saturated heterocycles. The van der Waals surface area contributed by atoms with Gasteiger partial charge in [-0.1, -0.05) is 60.7 Å². The Hall–Kier alpha value is -4.41. The van der Waals surface area contributed by atoms with E-state index in [1.807, 2.05) is 66.7 Å². The quantitative estimate of drug-likeness (QED) is 0.148. The van der Waals surface area contributed by atoms with Crippen LogP contribution in [0.4, 0.5) is 5.00 Å². The molecule has 1 amide bonds. The molecule has 0 atom stereocenters. The molecule has 1 aromatic heterocycles. The molecular formula is C32H28N2O4S. The number of esters is 1. The number of amides is 1. The molecule has 0 bridgehead atoms. The molecule has 3 aromatic carbocycles. The van der Waals surface area contributed by atoms with E-state index in [0.717, 1.165) is 52.5 Å². The summed E-state index contributed by atoms with van der Waals surface area (Å²) in [7, 11) is 0. The molecule has 0 fully saturated rings. The fraction of sp³-hybridized carbons (Fsp3) is 0.219. The van der Waals surface area contributed by atoms with Gasteiger partial charge in [0, 0.05) is 10.4 Å². The Kier molecular flexibility index (Phi) is 8.04. The van der Waals surface area contributed by atoms with Gasteiger partial charge >= 0.3 is 5.97 Å². The second-order valence-corrected chi connectivity index (χ2v) is 10.3. The third-order valence-corrected chi connectivity index (χ3v) is 7.91. The number of ether oxygens (including phenoxy) is 2. The predicted octanol–water partition coefficient (Wildman–Crippen LogP) is 7.08.